The molecule has 0 unspecified atom stereocenters. The number of hydrogen-bond donors (Lipinski definition) is 2. The van der Waals surface area contributed by atoms with Crippen molar-refractivity contribution in [3.63, 3.8) is 0 Å². The molecule has 5 nitrogen and oxygen atoms in total. The molecule has 106 valence electrons. The Hall–Kier alpha value is -2.11. The lowest BCUT2D eigenvalue weighted by molar-refractivity contribution is 0.553. The zero-order valence-electron chi connectivity index (χ0n) is 11.3. The van der Waals surface area contributed by atoms with Gasteiger partial charge in [0.1, 0.15) is 0 Å². The largest absolute Gasteiger partial charge is 0.348 e. The molecule has 6 heteroatoms. The third-order valence-corrected chi connectivity index (χ3v) is 3.99. The Morgan fingerprint density at radius 3 is 3.19 bits per heavy atom. The van der Waals surface area contributed by atoms with Gasteiger partial charge in [-0.15, -0.1) is 0 Å². The van der Waals surface area contributed by atoms with Gasteiger partial charge in [-0.2, -0.15) is 5.10 Å². The van der Waals surface area contributed by atoms with E-state index in [4.69, 9.17) is 11.6 Å². The topological polar surface area (TPSA) is 58.5 Å². The molecule has 0 bridgehead atoms. The SMILES string of the molecule is Clc1cccc(-n2cc([C@H]3NCCc4[nH]cnc43)cn2)c1. The van der Waals surface area contributed by atoms with Crippen molar-refractivity contribution in [2.45, 2.75) is 12.5 Å². The van der Waals surface area contributed by atoms with E-state index in [0.29, 0.717) is 5.02 Å². The van der Waals surface area contributed by atoms with Crippen LogP contribution in [0, 0.1) is 0 Å². The highest BCUT2D eigenvalue weighted by Gasteiger charge is 2.24. The summed E-state index contributed by atoms with van der Waals surface area (Å²) in [7, 11) is 0. The number of nitrogens with zero attached hydrogens (tertiary/aromatic N) is 3. The van der Waals surface area contributed by atoms with Gasteiger partial charge in [-0.3, -0.25) is 0 Å². The first-order valence-corrected chi connectivity index (χ1v) is 7.25. The van der Waals surface area contributed by atoms with Crippen molar-refractivity contribution in [1.29, 1.82) is 0 Å². The predicted octanol–water partition coefficient (Wildman–Crippen LogP) is 2.48. The quantitative estimate of drug-likeness (QED) is 0.764. The van der Waals surface area contributed by atoms with Gasteiger partial charge in [-0.05, 0) is 18.2 Å². The van der Waals surface area contributed by atoms with Crippen molar-refractivity contribution in [3.8, 4) is 5.69 Å². The molecule has 21 heavy (non-hydrogen) atoms. The van der Waals surface area contributed by atoms with Gasteiger partial charge in [0.25, 0.3) is 0 Å². The molecule has 0 amide bonds. The lowest BCUT2D eigenvalue weighted by Crippen LogP contribution is -2.30. The Labute approximate surface area is 127 Å². The minimum Gasteiger partial charge on any atom is -0.348 e. The Balaban J connectivity index is 1.70. The standard InChI is InChI=1S/C15H14ClN5/c16-11-2-1-3-12(6-11)21-8-10(7-20-21)14-15-13(4-5-17-14)18-9-19-15/h1-3,6-9,14,17H,4-5H2,(H,18,19)/t14-/m1/s1. The van der Waals surface area contributed by atoms with Crippen molar-refractivity contribution in [2.75, 3.05) is 6.54 Å². The summed E-state index contributed by atoms with van der Waals surface area (Å²) in [4.78, 5) is 7.64. The van der Waals surface area contributed by atoms with Crippen molar-refractivity contribution < 1.29 is 0 Å². The molecule has 0 radical (unpaired) electrons. The zero-order valence-corrected chi connectivity index (χ0v) is 12.0. The Bertz CT molecular complexity index is 776. The van der Waals surface area contributed by atoms with E-state index in [-0.39, 0.29) is 6.04 Å². The second-order valence-electron chi connectivity index (χ2n) is 5.10. The first-order valence-electron chi connectivity index (χ1n) is 6.87. The van der Waals surface area contributed by atoms with Crippen molar-refractivity contribution in [1.82, 2.24) is 25.1 Å². The molecule has 1 atom stereocenters. The summed E-state index contributed by atoms with van der Waals surface area (Å²) in [5.74, 6) is 0. The van der Waals surface area contributed by atoms with Crippen LogP contribution in [-0.4, -0.2) is 26.3 Å². The number of fused-ring (bicyclic) bond motifs is 1. The second-order valence-corrected chi connectivity index (χ2v) is 5.54. The fourth-order valence-electron chi connectivity index (χ4n) is 2.74. The van der Waals surface area contributed by atoms with E-state index < -0.39 is 0 Å². The van der Waals surface area contributed by atoms with Gasteiger partial charge in [0, 0.05) is 35.4 Å². The summed E-state index contributed by atoms with van der Waals surface area (Å²) < 4.78 is 1.84. The number of halogens is 1. The Morgan fingerprint density at radius 2 is 2.29 bits per heavy atom. The highest BCUT2D eigenvalue weighted by molar-refractivity contribution is 6.30. The third kappa shape index (κ3) is 2.24. The van der Waals surface area contributed by atoms with Crippen LogP contribution in [0.2, 0.25) is 5.02 Å². The van der Waals surface area contributed by atoms with E-state index in [2.05, 4.69) is 20.4 Å². The fraction of sp³-hybridized carbons (Fsp3) is 0.200. The van der Waals surface area contributed by atoms with E-state index in [9.17, 15) is 0 Å². The lowest BCUT2D eigenvalue weighted by atomic mass is 10.0. The maximum absolute atomic E-state index is 6.03. The molecular formula is C15H14ClN5. The Morgan fingerprint density at radius 1 is 1.33 bits per heavy atom. The van der Waals surface area contributed by atoms with Gasteiger partial charge < -0.3 is 10.3 Å². The minimum absolute atomic E-state index is 0.0907. The number of aromatic amines is 1. The maximum Gasteiger partial charge on any atom is 0.0926 e. The van der Waals surface area contributed by atoms with Crippen LogP contribution in [0.25, 0.3) is 5.69 Å². The number of H-pyrrole nitrogens is 1. The molecule has 2 aromatic heterocycles. The summed E-state index contributed by atoms with van der Waals surface area (Å²) >= 11 is 6.03. The van der Waals surface area contributed by atoms with Crippen LogP contribution in [0.1, 0.15) is 23.0 Å². The van der Waals surface area contributed by atoms with Gasteiger partial charge in [0.2, 0.25) is 0 Å². The predicted molar refractivity (Wildman–Crippen MR) is 80.7 cm³/mol. The molecule has 3 aromatic rings. The van der Waals surface area contributed by atoms with Crippen molar-refractivity contribution in [3.05, 3.63) is 65.0 Å². The van der Waals surface area contributed by atoms with Gasteiger partial charge >= 0.3 is 0 Å². The number of hydrogen-bond acceptors (Lipinski definition) is 3. The average molecular weight is 300 g/mol. The molecule has 4 rings (SSSR count). The molecule has 3 heterocycles. The monoisotopic (exact) mass is 299 g/mol. The van der Waals surface area contributed by atoms with E-state index in [1.54, 1.807) is 6.33 Å². The summed E-state index contributed by atoms with van der Waals surface area (Å²) in [6.07, 6.45) is 6.63. The van der Waals surface area contributed by atoms with Gasteiger partial charge in [-0.25, -0.2) is 9.67 Å². The summed E-state index contributed by atoms with van der Waals surface area (Å²) in [5.41, 5.74) is 4.32. The number of nitrogens with one attached hydrogen (secondary N) is 2. The molecule has 0 aliphatic carbocycles. The van der Waals surface area contributed by atoms with E-state index in [1.165, 1.54) is 5.69 Å². The van der Waals surface area contributed by atoms with Crippen LogP contribution in [0.4, 0.5) is 0 Å². The normalized spacial score (nSPS) is 17.7. The first-order chi connectivity index (χ1) is 10.3. The van der Waals surface area contributed by atoms with Crippen LogP contribution in [-0.2, 0) is 6.42 Å². The summed E-state index contributed by atoms with van der Waals surface area (Å²) in [6, 6.07) is 7.74. The van der Waals surface area contributed by atoms with E-state index >= 15 is 0 Å². The zero-order chi connectivity index (χ0) is 14.2. The smallest absolute Gasteiger partial charge is 0.0926 e. The maximum atomic E-state index is 6.03. The molecule has 0 spiro atoms. The fourth-order valence-corrected chi connectivity index (χ4v) is 2.92. The van der Waals surface area contributed by atoms with Crippen molar-refractivity contribution >= 4 is 11.6 Å². The third-order valence-electron chi connectivity index (χ3n) is 3.76. The molecule has 0 saturated carbocycles. The van der Waals surface area contributed by atoms with Gasteiger partial charge in [0.05, 0.1) is 29.9 Å². The van der Waals surface area contributed by atoms with Gasteiger partial charge in [0.15, 0.2) is 0 Å². The van der Waals surface area contributed by atoms with Crippen LogP contribution in [0.15, 0.2) is 43.0 Å². The highest BCUT2D eigenvalue weighted by atomic mass is 35.5. The number of rotatable bonds is 2. The Kier molecular flexibility index (Phi) is 3.02. The number of aromatic nitrogens is 4. The van der Waals surface area contributed by atoms with E-state index in [0.717, 1.165) is 29.9 Å². The highest BCUT2D eigenvalue weighted by Crippen LogP contribution is 2.26. The molecule has 2 N–H and O–H groups in total. The van der Waals surface area contributed by atoms with Crippen molar-refractivity contribution in [2.24, 2.45) is 0 Å². The number of imidazole rings is 1. The molecule has 1 aromatic carbocycles. The van der Waals surface area contributed by atoms with Crippen LogP contribution >= 0.6 is 11.6 Å². The van der Waals surface area contributed by atoms with E-state index in [1.807, 2.05) is 41.3 Å². The molecule has 0 fully saturated rings. The van der Waals surface area contributed by atoms with Crippen LogP contribution in [0.3, 0.4) is 0 Å². The molecule has 0 saturated heterocycles. The van der Waals surface area contributed by atoms with Crippen LogP contribution < -0.4 is 5.32 Å². The molecule has 1 aliphatic rings. The molecule has 1 aliphatic heterocycles. The lowest BCUT2D eigenvalue weighted by Gasteiger charge is -2.21. The summed E-state index contributed by atoms with van der Waals surface area (Å²) in [5, 5.41) is 8.64. The summed E-state index contributed by atoms with van der Waals surface area (Å²) in [6.45, 7) is 0.933. The number of benzene rings is 1. The first kappa shape index (κ1) is 12.6. The molecular weight excluding hydrogens is 286 g/mol. The average Bonchev–Trinajstić information content (AvgIpc) is 3.16. The minimum atomic E-state index is 0.0907. The van der Waals surface area contributed by atoms with Crippen LogP contribution in [0.5, 0.6) is 0 Å². The van der Waals surface area contributed by atoms with Gasteiger partial charge in [-0.1, -0.05) is 17.7 Å². The second kappa shape index (κ2) is 5.02.